The molecule has 3 rings (SSSR count). The Labute approximate surface area is 160 Å². The number of carbonyl (C=O) groups excluding carboxylic acids is 1. The number of fused-ring (bicyclic) bond motifs is 1. The first-order valence-electron chi connectivity index (χ1n) is 8.57. The van der Waals surface area contributed by atoms with Crippen molar-refractivity contribution in [2.75, 3.05) is 20.1 Å². The van der Waals surface area contributed by atoms with E-state index in [1.165, 1.54) is 6.07 Å². The number of nitrogens with one attached hydrogen (secondary N) is 1. The van der Waals surface area contributed by atoms with Crippen LogP contribution in [0.15, 0.2) is 33.6 Å². The van der Waals surface area contributed by atoms with Gasteiger partial charge in [0.2, 0.25) is 5.91 Å². The molecule has 0 spiro atoms. The first-order valence-corrected chi connectivity index (χ1v) is 10.0. The standard InChI is InChI=1S/C17H24N4O3S.ClH/c1-21(11-16(22)19-14-8-4-2-6-12(14)10-18)17-13-7-3-5-9-15(13)25(23,24)20-17;/h3,5,7,9,12,14H,2,4,6,8,10-11,18H2,1H3,(H,19,22);1H. The highest BCUT2D eigenvalue weighted by Gasteiger charge is 2.31. The van der Waals surface area contributed by atoms with Gasteiger partial charge in [-0.15, -0.1) is 16.8 Å². The van der Waals surface area contributed by atoms with Crippen LogP contribution in [0.4, 0.5) is 0 Å². The zero-order valence-corrected chi connectivity index (χ0v) is 16.4. The van der Waals surface area contributed by atoms with Gasteiger partial charge in [0.05, 0.1) is 6.54 Å². The summed E-state index contributed by atoms with van der Waals surface area (Å²) in [7, 11) is -2.00. The first-order chi connectivity index (χ1) is 11.9. The van der Waals surface area contributed by atoms with E-state index in [4.69, 9.17) is 5.73 Å². The second-order valence-electron chi connectivity index (χ2n) is 6.70. The average molecular weight is 401 g/mol. The number of sulfonamides is 1. The van der Waals surface area contributed by atoms with Crippen molar-refractivity contribution < 1.29 is 13.2 Å². The van der Waals surface area contributed by atoms with Crippen LogP contribution in [0.1, 0.15) is 31.2 Å². The molecule has 0 bridgehead atoms. The first kappa shape index (κ1) is 20.7. The number of benzene rings is 1. The number of likely N-dealkylation sites (N-methyl/N-ethyl adjacent to an activating group) is 1. The van der Waals surface area contributed by atoms with Gasteiger partial charge in [0.1, 0.15) is 4.90 Å². The summed E-state index contributed by atoms with van der Waals surface area (Å²) in [5.74, 6) is 0.482. The highest BCUT2D eigenvalue weighted by molar-refractivity contribution is 7.90. The van der Waals surface area contributed by atoms with Gasteiger partial charge in [-0.1, -0.05) is 25.0 Å². The van der Waals surface area contributed by atoms with Gasteiger partial charge in [0.15, 0.2) is 5.84 Å². The summed E-state index contributed by atoms with van der Waals surface area (Å²) in [6.07, 6.45) is 4.22. The van der Waals surface area contributed by atoms with E-state index in [1.807, 2.05) is 0 Å². The largest absolute Gasteiger partial charge is 0.352 e. The van der Waals surface area contributed by atoms with Gasteiger partial charge in [-0.2, -0.15) is 8.42 Å². The summed E-state index contributed by atoms with van der Waals surface area (Å²) in [5, 5.41) is 3.05. The third-order valence-corrected chi connectivity index (χ3v) is 6.24. The molecule has 3 N–H and O–H groups in total. The lowest BCUT2D eigenvalue weighted by molar-refractivity contribution is -0.122. The molecule has 0 aromatic heterocycles. The van der Waals surface area contributed by atoms with Crippen molar-refractivity contribution in [1.29, 1.82) is 0 Å². The topological polar surface area (TPSA) is 105 Å². The van der Waals surface area contributed by atoms with Crippen LogP contribution in [0.25, 0.3) is 0 Å². The lowest BCUT2D eigenvalue weighted by Crippen LogP contribution is -2.48. The van der Waals surface area contributed by atoms with Crippen molar-refractivity contribution >= 4 is 34.2 Å². The molecule has 1 aromatic rings. The van der Waals surface area contributed by atoms with Gasteiger partial charge in [-0.3, -0.25) is 4.79 Å². The zero-order chi connectivity index (χ0) is 18.0. The molecule has 2 atom stereocenters. The van der Waals surface area contributed by atoms with Crippen molar-refractivity contribution in [3.63, 3.8) is 0 Å². The van der Waals surface area contributed by atoms with E-state index in [1.54, 1.807) is 30.1 Å². The normalized spacial score (nSPS) is 23.4. The molecule has 0 radical (unpaired) electrons. The Morgan fingerprint density at radius 2 is 2.00 bits per heavy atom. The van der Waals surface area contributed by atoms with Crippen molar-refractivity contribution in [3.05, 3.63) is 29.8 Å². The van der Waals surface area contributed by atoms with Gasteiger partial charge in [-0.05, 0) is 37.4 Å². The van der Waals surface area contributed by atoms with Crippen LogP contribution >= 0.6 is 12.4 Å². The Balaban J connectivity index is 0.00000243. The van der Waals surface area contributed by atoms with Gasteiger partial charge in [-0.25, -0.2) is 0 Å². The van der Waals surface area contributed by atoms with Crippen molar-refractivity contribution in [2.24, 2.45) is 16.0 Å². The SMILES string of the molecule is CN(CC(=O)NC1CCCCC1CN)C1=NS(=O)(=O)c2ccccc21.Cl. The lowest BCUT2D eigenvalue weighted by atomic mass is 9.84. The van der Waals surface area contributed by atoms with Crippen molar-refractivity contribution in [1.82, 2.24) is 10.2 Å². The number of nitrogens with zero attached hydrogens (tertiary/aromatic N) is 2. The molecule has 1 heterocycles. The predicted molar refractivity (Wildman–Crippen MR) is 103 cm³/mol. The maximum Gasteiger partial charge on any atom is 0.285 e. The molecule has 2 aliphatic rings. The zero-order valence-electron chi connectivity index (χ0n) is 14.7. The molecule has 2 unspecified atom stereocenters. The third kappa shape index (κ3) is 4.19. The summed E-state index contributed by atoms with van der Waals surface area (Å²) in [6, 6.07) is 6.76. The quantitative estimate of drug-likeness (QED) is 0.788. The Bertz CT molecular complexity index is 797. The van der Waals surface area contributed by atoms with Crippen LogP contribution in [0.2, 0.25) is 0 Å². The summed E-state index contributed by atoms with van der Waals surface area (Å²) in [6.45, 7) is 0.621. The van der Waals surface area contributed by atoms with E-state index in [9.17, 15) is 13.2 Å². The van der Waals surface area contributed by atoms with E-state index in [2.05, 4.69) is 9.71 Å². The molecule has 1 saturated carbocycles. The Morgan fingerprint density at radius 1 is 1.31 bits per heavy atom. The minimum Gasteiger partial charge on any atom is -0.352 e. The van der Waals surface area contributed by atoms with Crippen LogP contribution in [-0.4, -0.2) is 51.2 Å². The van der Waals surface area contributed by atoms with Crippen molar-refractivity contribution in [3.8, 4) is 0 Å². The summed E-state index contributed by atoms with van der Waals surface area (Å²) in [5.41, 5.74) is 6.34. The maximum atomic E-state index is 12.4. The Kier molecular flexibility index (Phi) is 6.65. The summed E-state index contributed by atoms with van der Waals surface area (Å²) in [4.78, 5) is 14.2. The molecule has 0 saturated heterocycles. The fraction of sp³-hybridized carbons (Fsp3) is 0.529. The fourth-order valence-corrected chi connectivity index (χ4v) is 4.84. The molecule has 9 heteroatoms. The number of nitrogens with two attached hydrogens (primary N) is 1. The smallest absolute Gasteiger partial charge is 0.285 e. The van der Waals surface area contributed by atoms with E-state index in [-0.39, 0.29) is 35.8 Å². The molecule has 1 aliphatic heterocycles. The van der Waals surface area contributed by atoms with E-state index < -0.39 is 10.0 Å². The number of rotatable bonds is 4. The number of hydrogen-bond acceptors (Lipinski definition) is 5. The predicted octanol–water partition coefficient (Wildman–Crippen LogP) is 1.12. The van der Waals surface area contributed by atoms with Crippen molar-refractivity contribution in [2.45, 2.75) is 36.6 Å². The Morgan fingerprint density at radius 3 is 2.73 bits per heavy atom. The number of hydrogen-bond donors (Lipinski definition) is 2. The molecule has 26 heavy (non-hydrogen) atoms. The molecule has 1 fully saturated rings. The fourth-order valence-electron chi connectivity index (χ4n) is 3.59. The average Bonchev–Trinajstić information content (AvgIpc) is 2.87. The number of carbonyl (C=O) groups is 1. The van der Waals surface area contributed by atoms with Crippen LogP contribution in [0, 0.1) is 5.92 Å². The van der Waals surface area contributed by atoms with Gasteiger partial charge in [0.25, 0.3) is 10.0 Å². The highest BCUT2D eigenvalue weighted by atomic mass is 35.5. The maximum absolute atomic E-state index is 12.4. The number of amides is 1. The van der Waals surface area contributed by atoms with E-state index >= 15 is 0 Å². The lowest BCUT2D eigenvalue weighted by Gasteiger charge is -2.32. The minimum absolute atomic E-state index is 0. The van der Waals surface area contributed by atoms with Crippen LogP contribution in [-0.2, 0) is 14.8 Å². The van der Waals surface area contributed by atoms with Gasteiger partial charge >= 0.3 is 0 Å². The highest BCUT2D eigenvalue weighted by Crippen LogP contribution is 2.27. The second kappa shape index (κ2) is 8.37. The molecule has 1 amide bonds. The molecule has 7 nitrogen and oxygen atoms in total. The monoisotopic (exact) mass is 400 g/mol. The van der Waals surface area contributed by atoms with Gasteiger partial charge in [0, 0.05) is 18.7 Å². The molecule has 1 aromatic carbocycles. The number of halogens is 1. The molecule has 1 aliphatic carbocycles. The summed E-state index contributed by atoms with van der Waals surface area (Å²) >= 11 is 0. The molecular weight excluding hydrogens is 376 g/mol. The van der Waals surface area contributed by atoms with Crippen LogP contribution in [0.3, 0.4) is 0 Å². The number of amidine groups is 1. The van der Waals surface area contributed by atoms with Gasteiger partial charge < -0.3 is 16.0 Å². The molecule has 144 valence electrons. The van der Waals surface area contributed by atoms with E-state index in [0.717, 1.165) is 25.7 Å². The van der Waals surface area contributed by atoms with Crippen LogP contribution < -0.4 is 11.1 Å². The minimum atomic E-state index is -3.68. The van der Waals surface area contributed by atoms with E-state index in [0.29, 0.717) is 23.9 Å². The Hall–Kier alpha value is -1.64. The third-order valence-electron chi connectivity index (χ3n) is 4.91. The second-order valence-corrected chi connectivity index (χ2v) is 8.27. The van der Waals surface area contributed by atoms with Crippen LogP contribution in [0.5, 0.6) is 0 Å². The molecular formula is C17H25ClN4O3S. The summed E-state index contributed by atoms with van der Waals surface area (Å²) < 4.78 is 28.1.